The molecule has 0 aliphatic rings. The number of nitrogens with one attached hydrogen (secondary N) is 4. The van der Waals surface area contributed by atoms with Crippen LogP contribution in [0, 0.1) is 0 Å². The second kappa shape index (κ2) is 24.3. The summed E-state index contributed by atoms with van der Waals surface area (Å²) in [5.41, 5.74) is 2.97. The lowest BCUT2D eigenvalue weighted by atomic mass is 10.1. The van der Waals surface area contributed by atoms with Crippen molar-refractivity contribution in [3.63, 3.8) is 0 Å². The number of azo groups is 2. The lowest BCUT2D eigenvalue weighted by Gasteiger charge is -2.19. The molecule has 68 heavy (non-hydrogen) atoms. The van der Waals surface area contributed by atoms with Crippen LogP contribution < -0.4 is 30.7 Å². The molecule has 0 aliphatic carbocycles. The first kappa shape index (κ1) is 52.3. The van der Waals surface area contributed by atoms with Crippen LogP contribution in [0.1, 0.15) is 84.1 Å². The van der Waals surface area contributed by atoms with E-state index in [0.717, 1.165) is 25.0 Å². The van der Waals surface area contributed by atoms with Gasteiger partial charge in [-0.25, -0.2) is 0 Å². The number of hydrogen-bond acceptors (Lipinski definition) is 12. The number of Topliss-reactive ketones (excluding diaryl/α,β-unsaturated/α-hetero) is 2. The van der Waals surface area contributed by atoms with Gasteiger partial charge >= 0.3 is 0 Å². The fourth-order valence-corrected chi connectivity index (χ4v) is 6.98. The molecule has 0 radical (unpaired) electrons. The van der Waals surface area contributed by atoms with E-state index in [4.69, 9.17) is 55.9 Å². The molecule has 4 unspecified atom stereocenters. The molecule has 20 heteroatoms. The number of rotatable bonds is 20. The largest absolute Gasteiger partial charge is 0.492 e. The number of carbonyl (C=O) groups excluding carboxylic acids is 6. The maximum Gasteiger partial charge on any atom is 0.258 e. The van der Waals surface area contributed by atoms with Crippen molar-refractivity contribution in [1.29, 1.82) is 0 Å². The molecule has 5 aromatic carbocycles. The molecule has 0 heterocycles. The fourth-order valence-electron chi connectivity index (χ4n) is 6.19. The Balaban J connectivity index is 1.33. The van der Waals surface area contributed by atoms with Crippen molar-refractivity contribution in [3.05, 3.63) is 129 Å². The number of alkyl halides is 2. The number of halogens is 4. The van der Waals surface area contributed by atoms with E-state index in [0.29, 0.717) is 11.4 Å². The van der Waals surface area contributed by atoms with E-state index in [1.54, 1.807) is 62.4 Å². The summed E-state index contributed by atoms with van der Waals surface area (Å²) in [4.78, 5) is 79.3. The van der Waals surface area contributed by atoms with Gasteiger partial charge in [-0.3, -0.25) is 28.8 Å². The first-order valence-electron chi connectivity index (χ1n) is 21.0. The molecule has 0 saturated heterocycles. The van der Waals surface area contributed by atoms with E-state index < -0.39 is 47.3 Å². The van der Waals surface area contributed by atoms with E-state index in [1.807, 2.05) is 13.8 Å². The summed E-state index contributed by atoms with van der Waals surface area (Å²) in [7, 11) is 0. The Hall–Kier alpha value is -6.72. The number of anilines is 4. The molecular formula is C48H46Cl4N8O8. The number of ether oxygens (including phenoxy) is 2. The van der Waals surface area contributed by atoms with Crippen molar-refractivity contribution in [3.8, 4) is 11.5 Å². The van der Waals surface area contributed by atoms with Crippen molar-refractivity contribution in [2.45, 2.75) is 64.4 Å². The summed E-state index contributed by atoms with van der Waals surface area (Å²) >= 11 is 25.4. The smallest absolute Gasteiger partial charge is 0.258 e. The average molecular weight is 1000 g/mol. The minimum Gasteiger partial charge on any atom is -0.492 e. The normalized spacial score (nSPS) is 13.0. The molecule has 0 bridgehead atoms. The maximum absolute atomic E-state index is 13.7. The third kappa shape index (κ3) is 13.7. The maximum atomic E-state index is 13.7. The Morgan fingerprint density at radius 2 is 0.897 bits per heavy atom. The van der Waals surface area contributed by atoms with Gasteiger partial charge in [0.1, 0.15) is 22.9 Å². The number of amides is 4. The van der Waals surface area contributed by atoms with Gasteiger partial charge in [-0.15, -0.1) is 23.2 Å². The Morgan fingerprint density at radius 1 is 0.544 bits per heavy atom. The van der Waals surface area contributed by atoms with Crippen LogP contribution in [-0.4, -0.2) is 60.5 Å². The molecule has 4 amide bonds. The van der Waals surface area contributed by atoms with Crippen LogP contribution in [0.4, 0.5) is 34.1 Å². The second-order valence-electron chi connectivity index (χ2n) is 14.8. The zero-order valence-corrected chi connectivity index (χ0v) is 40.6. The molecule has 4 atom stereocenters. The highest BCUT2D eigenvalue weighted by Gasteiger charge is 2.28. The Morgan fingerprint density at radius 3 is 1.21 bits per heavy atom. The van der Waals surface area contributed by atoms with E-state index in [-0.39, 0.29) is 79.4 Å². The van der Waals surface area contributed by atoms with E-state index >= 15 is 0 Å². The van der Waals surface area contributed by atoms with Gasteiger partial charge in [0.05, 0.1) is 56.5 Å². The number of carbonyl (C=O) groups is 6. The van der Waals surface area contributed by atoms with Gasteiger partial charge in [0.25, 0.3) is 23.6 Å². The Bertz CT molecular complexity index is 2560. The third-order valence-corrected chi connectivity index (χ3v) is 11.0. The molecule has 0 aliphatic heterocycles. The van der Waals surface area contributed by atoms with Crippen molar-refractivity contribution < 1.29 is 38.2 Å². The molecule has 354 valence electrons. The van der Waals surface area contributed by atoms with Gasteiger partial charge in [-0.05, 0) is 101 Å². The number of ketones is 2. The molecule has 0 saturated carbocycles. The number of benzene rings is 5. The first-order chi connectivity index (χ1) is 32.4. The average Bonchev–Trinajstić information content (AvgIpc) is 3.29. The highest BCUT2D eigenvalue weighted by Crippen LogP contribution is 2.38. The van der Waals surface area contributed by atoms with Crippen LogP contribution >= 0.6 is 46.4 Å². The van der Waals surface area contributed by atoms with Crippen LogP contribution in [0.2, 0.25) is 10.0 Å². The van der Waals surface area contributed by atoms with E-state index in [1.165, 1.54) is 48.5 Å². The van der Waals surface area contributed by atoms with Crippen molar-refractivity contribution in [2.24, 2.45) is 20.5 Å². The van der Waals surface area contributed by atoms with Gasteiger partial charge in [-0.2, -0.15) is 20.5 Å². The highest BCUT2D eigenvalue weighted by atomic mass is 35.5. The van der Waals surface area contributed by atoms with Crippen molar-refractivity contribution >= 4 is 116 Å². The van der Waals surface area contributed by atoms with E-state index in [2.05, 4.69) is 41.7 Å². The summed E-state index contributed by atoms with van der Waals surface area (Å²) in [6.45, 7) is 9.51. The highest BCUT2D eigenvalue weighted by molar-refractivity contribution is 6.37. The second-order valence-corrected chi connectivity index (χ2v) is 16.9. The minimum absolute atomic E-state index is 0.0152. The number of hydrogen-bond donors (Lipinski definition) is 4. The molecular weight excluding hydrogens is 958 g/mol. The first-order valence-corrected chi connectivity index (χ1v) is 22.6. The Labute approximate surface area is 412 Å². The molecule has 0 fully saturated rings. The summed E-state index contributed by atoms with van der Waals surface area (Å²) in [5, 5.41) is 26.3. The fraction of sp³-hybridized carbons (Fsp3) is 0.250. The van der Waals surface area contributed by atoms with Crippen molar-refractivity contribution in [2.75, 3.05) is 34.5 Å². The van der Waals surface area contributed by atoms with Crippen LogP contribution in [-0.2, 0) is 19.2 Å². The number of nitrogens with zero attached hydrogens (tertiary/aromatic N) is 4. The van der Waals surface area contributed by atoms with Crippen molar-refractivity contribution in [1.82, 2.24) is 0 Å². The van der Waals surface area contributed by atoms with Gasteiger partial charge in [0, 0.05) is 23.5 Å². The zero-order valence-electron chi connectivity index (χ0n) is 37.5. The molecule has 5 aromatic rings. The molecule has 16 nitrogen and oxygen atoms in total. The lowest BCUT2D eigenvalue weighted by molar-refractivity contribution is -0.127. The molecule has 5 rings (SSSR count). The third-order valence-electron chi connectivity index (χ3n) is 9.73. The summed E-state index contributed by atoms with van der Waals surface area (Å²) in [6, 6.07) is 22.2. The van der Waals surface area contributed by atoms with Crippen LogP contribution in [0.5, 0.6) is 11.5 Å². The minimum atomic E-state index is -1.68. The summed E-state index contributed by atoms with van der Waals surface area (Å²) in [6.07, 6.45) is 0. The van der Waals surface area contributed by atoms with Crippen LogP contribution in [0.3, 0.4) is 0 Å². The zero-order chi connectivity index (χ0) is 49.7. The molecule has 0 aromatic heterocycles. The van der Waals surface area contributed by atoms with Gasteiger partial charge in [0.15, 0.2) is 11.6 Å². The molecule has 4 N–H and O–H groups in total. The van der Waals surface area contributed by atoms with Gasteiger partial charge in [0.2, 0.25) is 12.1 Å². The topological polar surface area (TPSA) is 218 Å². The van der Waals surface area contributed by atoms with E-state index in [9.17, 15) is 28.8 Å². The lowest BCUT2D eigenvalue weighted by Crippen LogP contribution is -2.32. The SMILES string of the molecule is CCOc1cc(NC(=O)C(N=Nc2cccc(C(=O)Nc3ccc(C(C)Cl)cc3)c2Cl)C(C)=O)c(OCC)cc1NC(=O)C(N=Nc1cccc(C(=O)Nc2ccc(C(C)Cl)cc2)c1Cl)C(C)=O. The summed E-state index contributed by atoms with van der Waals surface area (Å²) < 4.78 is 11.6. The van der Waals surface area contributed by atoms with Crippen LogP contribution in [0.15, 0.2) is 118 Å². The summed E-state index contributed by atoms with van der Waals surface area (Å²) in [5.74, 6) is -4.17. The predicted molar refractivity (Wildman–Crippen MR) is 264 cm³/mol. The van der Waals surface area contributed by atoms with Gasteiger partial charge < -0.3 is 30.7 Å². The van der Waals surface area contributed by atoms with Crippen LogP contribution in [0.25, 0.3) is 0 Å². The Kier molecular flexibility index (Phi) is 18.7. The monoisotopic (exact) mass is 1000 g/mol. The standard InChI is InChI=1S/C48H46Cl4N8O8/c1-7-67-39-23-38(56-48(66)44(28(6)62)60-58-36-14-10-12-34(42(36)52)46(64)54-32-21-17-30(18-22-32)26(4)50)40(68-8-2)24-37(39)55-47(65)43(27(5)61)59-57-35-13-9-11-33(41(35)51)45(63)53-31-19-15-29(16-20-31)25(3)49/h9-26,43-44H,7-8H2,1-6H3,(H,53,63)(H,54,64)(H,55,65)(H,56,66). The van der Waals surface area contributed by atoms with Gasteiger partial charge in [-0.1, -0.05) is 59.6 Å². The predicted octanol–water partition coefficient (Wildman–Crippen LogP) is 12.3. The quantitative estimate of drug-likeness (QED) is 0.0333. The molecule has 0 spiro atoms.